The Kier molecular flexibility index (Phi) is 5.09. The summed E-state index contributed by atoms with van der Waals surface area (Å²) < 4.78 is 0.811. The zero-order valence-electron chi connectivity index (χ0n) is 13.4. The number of urea groups is 1. The number of carbonyl (C=O) groups excluding carboxylic acids is 3. The fourth-order valence-electron chi connectivity index (χ4n) is 2.35. The Morgan fingerprint density at radius 1 is 1.39 bits per heavy atom. The molecule has 1 aromatic carbocycles. The third-order valence-corrected chi connectivity index (χ3v) is 4.18. The van der Waals surface area contributed by atoms with E-state index in [-0.39, 0.29) is 12.5 Å². The van der Waals surface area contributed by atoms with Crippen LogP contribution in [0.5, 0.6) is 0 Å². The molecule has 1 aliphatic heterocycles. The van der Waals surface area contributed by atoms with Crippen molar-refractivity contribution in [3.63, 3.8) is 0 Å². The van der Waals surface area contributed by atoms with Gasteiger partial charge in [-0.1, -0.05) is 41.9 Å². The maximum atomic E-state index is 12.7. The summed E-state index contributed by atoms with van der Waals surface area (Å²) >= 11 is 3.36. The smallest absolute Gasteiger partial charge is 0.325 e. The molecule has 2 rings (SSSR count). The Balaban J connectivity index is 2.15. The number of rotatable bonds is 5. The summed E-state index contributed by atoms with van der Waals surface area (Å²) in [5.74, 6) is -0.477. The third kappa shape index (κ3) is 3.72. The van der Waals surface area contributed by atoms with Gasteiger partial charge in [0, 0.05) is 11.0 Å². The molecule has 1 saturated heterocycles. The minimum absolute atomic E-state index is 0.277. The fourth-order valence-corrected chi connectivity index (χ4v) is 2.75. The summed E-state index contributed by atoms with van der Waals surface area (Å²) in [6.07, 6.45) is 0. The number of hydrogen-bond donors (Lipinski definition) is 2. The summed E-state index contributed by atoms with van der Waals surface area (Å²) in [6, 6.07) is 6.62. The second-order valence-electron chi connectivity index (χ2n) is 6.15. The fraction of sp³-hybridized carbons (Fsp3) is 0.438. The number of hydrogen-bond acceptors (Lipinski definition) is 3. The van der Waals surface area contributed by atoms with Crippen molar-refractivity contribution in [2.24, 2.45) is 5.92 Å². The van der Waals surface area contributed by atoms with Crippen LogP contribution in [0.4, 0.5) is 4.79 Å². The van der Waals surface area contributed by atoms with Crippen LogP contribution in [0.1, 0.15) is 26.3 Å². The largest absolute Gasteiger partial charge is 0.354 e. The molecule has 1 atom stereocenters. The molecule has 7 heteroatoms. The van der Waals surface area contributed by atoms with E-state index in [1.54, 1.807) is 25.1 Å². The lowest BCUT2D eigenvalue weighted by molar-refractivity contribution is -0.134. The molecule has 1 aromatic rings. The predicted molar refractivity (Wildman–Crippen MR) is 89.6 cm³/mol. The molecule has 0 aliphatic carbocycles. The quantitative estimate of drug-likeness (QED) is 0.765. The molecule has 23 heavy (non-hydrogen) atoms. The first-order chi connectivity index (χ1) is 10.7. The third-order valence-electron chi connectivity index (χ3n) is 3.69. The number of carbonyl (C=O) groups is 3. The molecule has 1 heterocycles. The lowest BCUT2D eigenvalue weighted by Gasteiger charge is -2.22. The number of benzene rings is 1. The zero-order valence-corrected chi connectivity index (χ0v) is 14.9. The van der Waals surface area contributed by atoms with Gasteiger partial charge in [0.1, 0.15) is 12.1 Å². The molecule has 0 spiro atoms. The van der Waals surface area contributed by atoms with Gasteiger partial charge in [0.2, 0.25) is 5.91 Å². The highest BCUT2D eigenvalue weighted by Gasteiger charge is 2.49. The van der Waals surface area contributed by atoms with Crippen LogP contribution in [-0.2, 0) is 15.1 Å². The molecule has 0 radical (unpaired) electrons. The highest BCUT2D eigenvalue weighted by atomic mass is 79.9. The highest BCUT2D eigenvalue weighted by molar-refractivity contribution is 9.10. The van der Waals surface area contributed by atoms with E-state index < -0.39 is 17.5 Å². The van der Waals surface area contributed by atoms with Crippen LogP contribution >= 0.6 is 15.9 Å². The van der Waals surface area contributed by atoms with Gasteiger partial charge in [0.05, 0.1) is 0 Å². The van der Waals surface area contributed by atoms with Gasteiger partial charge >= 0.3 is 6.03 Å². The van der Waals surface area contributed by atoms with Crippen molar-refractivity contribution in [3.05, 3.63) is 34.3 Å². The van der Waals surface area contributed by atoms with Gasteiger partial charge in [-0.2, -0.15) is 0 Å². The Morgan fingerprint density at radius 2 is 2.09 bits per heavy atom. The summed E-state index contributed by atoms with van der Waals surface area (Å²) in [7, 11) is 0. The topological polar surface area (TPSA) is 78.5 Å². The van der Waals surface area contributed by atoms with Crippen LogP contribution in [0.3, 0.4) is 0 Å². The van der Waals surface area contributed by atoms with E-state index >= 15 is 0 Å². The molecule has 0 unspecified atom stereocenters. The van der Waals surface area contributed by atoms with Crippen LogP contribution < -0.4 is 10.6 Å². The zero-order chi connectivity index (χ0) is 17.2. The average molecular weight is 382 g/mol. The lowest BCUT2D eigenvalue weighted by atomic mass is 9.92. The number of halogens is 1. The SMILES string of the molecule is CC(C)CNC(=O)CN1C(=O)N[C@@](C)(c2cccc(Br)c2)C1=O. The van der Waals surface area contributed by atoms with Crippen LogP contribution in [-0.4, -0.2) is 35.8 Å². The maximum Gasteiger partial charge on any atom is 0.325 e. The number of nitrogens with one attached hydrogen (secondary N) is 2. The lowest BCUT2D eigenvalue weighted by Crippen LogP contribution is -2.43. The van der Waals surface area contributed by atoms with Gasteiger partial charge in [0.25, 0.3) is 5.91 Å². The van der Waals surface area contributed by atoms with E-state index in [0.717, 1.165) is 9.37 Å². The van der Waals surface area contributed by atoms with Crippen molar-refractivity contribution in [1.29, 1.82) is 0 Å². The van der Waals surface area contributed by atoms with Crippen molar-refractivity contribution in [1.82, 2.24) is 15.5 Å². The number of amides is 4. The van der Waals surface area contributed by atoms with E-state index in [4.69, 9.17) is 0 Å². The summed E-state index contributed by atoms with van der Waals surface area (Å²) in [6.45, 7) is 5.81. The van der Waals surface area contributed by atoms with E-state index in [1.807, 2.05) is 19.9 Å². The van der Waals surface area contributed by atoms with Crippen molar-refractivity contribution in [3.8, 4) is 0 Å². The molecule has 0 saturated carbocycles. The van der Waals surface area contributed by atoms with Crippen LogP contribution in [0, 0.1) is 5.92 Å². The number of imide groups is 1. The summed E-state index contributed by atoms with van der Waals surface area (Å²) in [5, 5.41) is 5.39. The van der Waals surface area contributed by atoms with Crippen molar-refractivity contribution in [2.45, 2.75) is 26.3 Å². The second kappa shape index (κ2) is 6.70. The van der Waals surface area contributed by atoms with Crippen molar-refractivity contribution >= 4 is 33.8 Å². The second-order valence-corrected chi connectivity index (χ2v) is 7.07. The van der Waals surface area contributed by atoms with E-state index in [0.29, 0.717) is 18.0 Å². The van der Waals surface area contributed by atoms with Gasteiger partial charge in [0.15, 0.2) is 0 Å². The van der Waals surface area contributed by atoms with E-state index in [1.165, 1.54) is 0 Å². The monoisotopic (exact) mass is 381 g/mol. The summed E-state index contributed by atoms with van der Waals surface area (Å²) in [4.78, 5) is 37.7. The standard InChI is InChI=1S/C16H20BrN3O3/c1-10(2)8-18-13(21)9-20-14(22)16(3,19-15(20)23)11-5-4-6-12(17)7-11/h4-7,10H,8-9H2,1-3H3,(H,18,21)(H,19,23)/t16-/m0/s1. The molecule has 4 amide bonds. The predicted octanol–water partition coefficient (Wildman–Crippen LogP) is 1.99. The molecular weight excluding hydrogens is 362 g/mol. The van der Waals surface area contributed by atoms with Gasteiger partial charge in [-0.3, -0.25) is 14.5 Å². The van der Waals surface area contributed by atoms with Gasteiger partial charge in [-0.25, -0.2) is 4.79 Å². The normalized spacial score (nSPS) is 20.8. The molecule has 124 valence electrons. The van der Waals surface area contributed by atoms with E-state index in [9.17, 15) is 14.4 Å². The highest BCUT2D eigenvalue weighted by Crippen LogP contribution is 2.30. The maximum absolute atomic E-state index is 12.7. The molecule has 1 aliphatic rings. The Morgan fingerprint density at radius 3 is 2.70 bits per heavy atom. The first kappa shape index (κ1) is 17.5. The van der Waals surface area contributed by atoms with E-state index in [2.05, 4.69) is 26.6 Å². The van der Waals surface area contributed by atoms with Crippen LogP contribution in [0.25, 0.3) is 0 Å². The molecule has 6 nitrogen and oxygen atoms in total. The molecule has 0 aromatic heterocycles. The van der Waals surface area contributed by atoms with Crippen molar-refractivity contribution in [2.75, 3.05) is 13.1 Å². The Bertz CT molecular complexity index is 647. The Hall–Kier alpha value is -1.89. The first-order valence-electron chi connectivity index (χ1n) is 7.41. The average Bonchev–Trinajstić information content (AvgIpc) is 2.70. The van der Waals surface area contributed by atoms with Crippen molar-refractivity contribution < 1.29 is 14.4 Å². The van der Waals surface area contributed by atoms with Gasteiger partial charge in [-0.05, 0) is 30.5 Å². The molecule has 0 bridgehead atoms. The molecule has 2 N–H and O–H groups in total. The summed E-state index contributed by atoms with van der Waals surface area (Å²) in [5.41, 5.74) is -0.505. The molecular formula is C16H20BrN3O3. The minimum Gasteiger partial charge on any atom is -0.354 e. The Labute approximate surface area is 143 Å². The minimum atomic E-state index is -1.17. The van der Waals surface area contributed by atoms with Crippen LogP contribution in [0.2, 0.25) is 0 Å². The first-order valence-corrected chi connectivity index (χ1v) is 8.20. The van der Waals surface area contributed by atoms with Gasteiger partial charge in [-0.15, -0.1) is 0 Å². The molecule has 1 fully saturated rings. The number of nitrogens with zero attached hydrogens (tertiary/aromatic N) is 1. The van der Waals surface area contributed by atoms with Gasteiger partial charge < -0.3 is 10.6 Å². The van der Waals surface area contributed by atoms with Crippen LogP contribution in [0.15, 0.2) is 28.7 Å².